The molecule has 34 heavy (non-hydrogen) atoms. The van der Waals surface area contributed by atoms with E-state index in [4.69, 9.17) is 13.9 Å². The van der Waals surface area contributed by atoms with Crippen LogP contribution in [0.2, 0.25) is 0 Å². The molecule has 0 saturated carbocycles. The quantitative estimate of drug-likeness (QED) is 0.217. The molecule has 2 heterocycles. The molecule has 0 saturated heterocycles. The van der Waals surface area contributed by atoms with Gasteiger partial charge in [0.1, 0.15) is 0 Å². The van der Waals surface area contributed by atoms with E-state index in [1.54, 1.807) is 18.2 Å². The molecule has 0 aliphatic carbocycles. The number of nitrogens with zero attached hydrogens (tertiary/aromatic N) is 2. The highest BCUT2D eigenvalue weighted by Gasteiger charge is 2.44. The zero-order valence-electron chi connectivity index (χ0n) is 18.5. The van der Waals surface area contributed by atoms with Crippen LogP contribution in [0.3, 0.4) is 0 Å². The molecule has 1 atom stereocenters. The molecule has 2 aromatic carbocycles. The molecule has 1 aliphatic rings. The van der Waals surface area contributed by atoms with Crippen LogP contribution in [0.5, 0.6) is 5.75 Å². The molecule has 4 rings (SSSR count). The third-order valence-corrected chi connectivity index (χ3v) is 5.67. The van der Waals surface area contributed by atoms with E-state index in [-0.39, 0.29) is 23.6 Å². The smallest absolute Gasteiger partial charge is 0.290 e. The molecule has 0 radical (unpaired) electrons. The van der Waals surface area contributed by atoms with Crippen LogP contribution in [-0.4, -0.2) is 54.0 Å². The lowest BCUT2D eigenvalue weighted by atomic mass is 9.94. The minimum atomic E-state index is -0.951. The van der Waals surface area contributed by atoms with E-state index in [0.29, 0.717) is 35.3 Å². The number of ketones is 1. The number of ether oxygens (including phenoxy) is 2. The molecule has 1 aromatic heterocycles. The van der Waals surface area contributed by atoms with Gasteiger partial charge < -0.3 is 23.9 Å². The van der Waals surface area contributed by atoms with E-state index < -0.39 is 28.4 Å². The number of hydrogen-bond donors (Lipinski definition) is 1. The number of fused-ring (bicyclic) bond motifs is 1. The highest BCUT2D eigenvalue weighted by Crippen LogP contribution is 2.40. The molecule has 0 bridgehead atoms. The van der Waals surface area contributed by atoms with Gasteiger partial charge in [-0.05, 0) is 36.2 Å². The van der Waals surface area contributed by atoms with Crippen molar-refractivity contribution in [3.63, 3.8) is 0 Å². The lowest BCUT2D eigenvalue weighted by molar-refractivity contribution is -0.384. The van der Waals surface area contributed by atoms with E-state index in [1.165, 1.54) is 49.5 Å². The Morgan fingerprint density at radius 1 is 1.21 bits per heavy atom. The van der Waals surface area contributed by atoms with Gasteiger partial charge in [0, 0.05) is 37.8 Å². The molecule has 1 unspecified atom stereocenters. The summed E-state index contributed by atoms with van der Waals surface area (Å²) >= 11 is 0. The summed E-state index contributed by atoms with van der Waals surface area (Å²) in [5, 5.41) is 22.4. The largest absolute Gasteiger partial charge is 0.503 e. The van der Waals surface area contributed by atoms with Crippen LogP contribution in [0, 0.1) is 10.1 Å². The number of furan rings is 1. The first-order chi connectivity index (χ1) is 16.4. The number of aliphatic hydroxyl groups excluding tert-OH is 1. The van der Waals surface area contributed by atoms with Crippen molar-refractivity contribution in [1.29, 1.82) is 0 Å². The number of benzene rings is 2. The molecule has 3 aromatic rings. The summed E-state index contributed by atoms with van der Waals surface area (Å²) in [6.07, 6.45) is 0.461. The second-order valence-electron chi connectivity index (χ2n) is 7.68. The number of Topliss-reactive ketones (excluding diaryl/α,β-unsaturated/α-hetero) is 1. The molecule has 0 fully saturated rings. The molecule has 1 N–H and O–H groups in total. The average Bonchev–Trinajstić information content (AvgIpc) is 3.38. The van der Waals surface area contributed by atoms with Crippen molar-refractivity contribution in [2.24, 2.45) is 0 Å². The Hall–Kier alpha value is -4.18. The second kappa shape index (κ2) is 9.36. The van der Waals surface area contributed by atoms with Gasteiger partial charge in [-0.1, -0.05) is 12.1 Å². The maximum atomic E-state index is 13.5. The Morgan fingerprint density at radius 3 is 2.59 bits per heavy atom. The van der Waals surface area contributed by atoms with Crippen LogP contribution < -0.4 is 4.74 Å². The molecule has 176 valence electrons. The maximum Gasteiger partial charge on any atom is 0.290 e. The van der Waals surface area contributed by atoms with Gasteiger partial charge in [-0.25, -0.2) is 0 Å². The highest BCUT2D eigenvalue weighted by molar-refractivity contribution is 6.16. The predicted octanol–water partition coefficient (Wildman–Crippen LogP) is 3.96. The number of rotatable bonds is 9. The standard InChI is InChI=1S/C24H22N2O8/c1-32-12-4-11-25-20(14-7-9-16(10-8-14)26(30)31)19(22(28)24(25)29)21(27)18-13-15-5-3-6-17(33-2)23(15)34-18/h3,5-10,13,20,28H,4,11-12H2,1-2H3. The van der Waals surface area contributed by atoms with Crippen molar-refractivity contribution in [1.82, 2.24) is 4.90 Å². The average molecular weight is 466 g/mol. The summed E-state index contributed by atoms with van der Waals surface area (Å²) in [6, 6.07) is 11.3. The summed E-state index contributed by atoms with van der Waals surface area (Å²) in [5.74, 6) is -1.69. The van der Waals surface area contributed by atoms with E-state index in [1.807, 2.05) is 0 Å². The number of carbonyl (C=O) groups excluding carboxylic acids is 2. The Bertz CT molecular complexity index is 1290. The summed E-state index contributed by atoms with van der Waals surface area (Å²) in [6.45, 7) is 0.563. The molecule has 10 heteroatoms. The Kier molecular flexibility index (Phi) is 6.33. The fourth-order valence-electron chi connectivity index (χ4n) is 4.06. The summed E-state index contributed by atoms with van der Waals surface area (Å²) in [5.41, 5.74) is 0.512. The number of hydrogen-bond acceptors (Lipinski definition) is 8. The summed E-state index contributed by atoms with van der Waals surface area (Å²) in [7, 11) is 3.01. The number of carbonyl (C=O) groups is 2. The number of nitro benzene ring substituents is 1. The van der Waals surface area contributed by atoms with Gasteiger partial charge in [0.15, 0.2) is 22.9 Å². The summed E-state index contributed by atoms with van der Waals surface area (Å²) < 4.78 is 16.1. The van der Waals surface area contributed by atoms with Crippen LogP contribution in [0.1, 0.15) is 28.6 Å². The van der Waals surface area contributed by atoms with E-state index in [0.717, 1.165) is 0 Å². The van der Waals surface area contributed by atoms with Crippen molar-refractivity contribution in [2.45, 2.75) is 12.5 Å². The minimum absolute atomic E-state index is 0.0699. The van der Waals surface area contributed by atoms with Gasteiger partial charge in [-0.3, -0.25) is 19.7 Å². The Balaban J connectivity index is 1.78. The van der Waals surface area contributed by atoms with Crippen molar-refractivity contribution in [3.05, 3.63) is 81.3 Å². The Labute approximate surface area is 194 Å². The molecular weight excluding hydrogens is 444 g/mol. The van der Waals surface area contributed by atoms with Crippen LogP contribution >= 0.6 is 0 Å². The highest BCUT2D eigenvalue weighted by atomic mass is 16.6. The van der Waals surface area contributed by atoms with Gasteiger partial charge in [0.25, 0.3) is 11.6 Å². The number of methoxy groups -OCH3 is 2. The van der Waals surface area contributed by atoms with Crippen LogP contribution in [0.25, 0.3) is 11.0 Å². The molecular formula is C24H22N2O8. The number of para-hydroxylation sites is 1. The van der Waals surface area contributed by atoms with Gasteiger partial charge in [0.2, 0.25) is 5.78 Å². The zero-order valence-corrected chi connectivity index (χ0v) is 18.5. The SMILES string of the molecule is COCCCN1C(=O)C(O)=C(C(=O)c2cc3cccc(OC)c3o2)C1c1ccc([N+](=O)[O-])cc1. The summed E-state index contributed by atoms with van der Waals surface area (Å²) in [4.78, 5) is 38.4. The normalized spacial score (nSPS) is 15.9. The van der Waals surface area contributed by atoms with Crippen molar-refractivity contribution >= 4 is 28.3 Å². The first kappa shape index (κ1) is 23.0. The third kappa shape index (κ3) is 3.99. The number of amides is 1. The lowest BCUT2D eigenvalue weighted by Gasteiger charge is -2.26. The molecule has 0 spiro atoms. The number of aliphatic hydroxyl groups is 1. The van der Waals surface area contributed by atoms with Crippen molar-refractivity contribution < 1.29 is 33.5 Å². The minimum Gasteiger partial charge on any atom is -0.503 e. The number of non-ortho nitro benzene ring substituents is 1. The fraction of sp³-hybridized carbons (Fsp3) is 0.250. The molecule has 1 amide bonds. The molecule has 1 aliphatic heterocycles. The predicted molar refractivity (Wildman–Crippen MR) is 121 cm³/mol. The monoisotopic (exact) mass is 466 g/mol. The van der Waals surface area contributed by atoms with Crippen LogP contribution in [0.15, 0.2) is 64.3 Å². The fourth-order valence-corrected chi connectivity index (χ4v) is 4.06. The van der Waals surface area contributed by atoms with Crippen LogP contribution in [-0.2, 0) is 9.53 Å². The van der Waals surface area contributed by atoms with Crippen molar-refractivity contribution in [2.75, 3.05) is 27.4 Å². The topological polar surface area (TPSA) is 132 Å². The van der Waals surface area contributed by atoms with E-state index in [2.05, 4.69) is 0 Å². The second-order valence-corrected chi connectivity index (χ2v) is 7.68. The lowest BCUT2D eigenvalue weighted by Crippen LogP contribution is -2.32. The number of nitro groups is 1. The van der Waals surface area contributed by atoms with E-state index in [9.17, 15) is 24.8 Å². The van der Waals surface area contributed by atoms with Crippen molar-refractivity contribution in [3.8, 4) is 5.75 Å². The first-order valence-electron chi connectivity index (χ1n) is 10.5. The third-order valence-electron chi connectivity index (χ3n) is 5.67. The van der Waals surface area contributed by atoms with Crippen LogP contribution in [0.4, 0.5) is 5.69 Å². The zero-order chi connectivity index (χ0) is 24.4. The maximum absolute atomic E-state index is 13.5. The van der Waals surface area contributed by atoms with E-state index >= 15 is 0 Å². The van der Waals surface area contributed by atoms with Gasteiger partial charge in [0.05, 0.1) is 23.6 Å². The van der Waals surface area contributed by atoms with Gasteiger partial charge >= 0.3 is 0 Å². The molecule has 10 nitrogen and oxygen atoms in total. The Morgan fingerprint density at radius 2 is 1.94 bits per heavy atom. The van der Waals surface area contributed by atoms with Gasteiger partial charge in [-0.2, -0.15) is 0 Å². The van der Waals surface area contributed by atoms with Gasteiger partial charge in [-0.15, -0.1) is 0 Å². The first-order valence-corrected chi connectivity index (χ1v) is 10.5.